The van der Waals surface area contributed by atoms with E-state index in [4.69, 9.17) is 0 Å². The first-order valence-electron chi connectivity index (χ1n) is 9.06. The van der Waals surface area contributed by atoms with Crippen LogP contribution in [0, 0.1) is 0 Å². The number of amides is 1. The lowest BCUT2D eigenvalue weighted by Crippen LogP contribution is -2.37. The predicted octanol–water partition coefficient (Wildman–Crippen LogP) is 2.87. The zero-order valence-electron chi connectivity index (χ0n) is 15.3. The fourth-order valence-corrected chi connectivity index (χ4v) is 3.42. The van der Waals surface area contributed by atoms with Crippen LogP contribution in [-0.4, -0.2) is 43.5 Å². The summed E-state index contributed by atoms with van der Waals surface area (Å²) in [6.45, 7) is 3.77. The Morgan fingerprint density at radius 3 is 2.62 bits per heavy atom. The molecule has 0 radical (unpaired) electrons. The van der Waals surface area contributed by atoms with Crippen molar-refractivity contribution in [2.24, 2.45) is 0 Å². The summed E-state index contributed by atoms with van der Waals surface area (Å²) in [4.78, 5) is 15.1. The smallest absolute Gasteiger partial charge is 0.251 e. The van der Waals surface area contributed by atoms with E-state index in [2.05, 4.69) is 39.8 Å². The normalized spacial score (nSPS) is 16.9. The van der Waals surface area contributed by atoms with Crippen LogP contribution in [0.3, 0.4) is 0 Å². The number of rotatable bonds is 7. The molecule has 4 nitrogen and oxygen atoms in total. The van der Waals surface area contributed by atoms with Crippen molar-refractivity contribution in [1.29, 1.82) is 0 Å². The number of nitrogens with zero attached hydrogens (tertiary/aromatic N) is 1. The van der Waals surface area contributed by atoms with Gasteiger partial charge in [-0.2, -0.15) is 0 Å². The standard InChI is InChI=1S/C21H27N3O.ClH/c1-22-13-11-18-9-5-6-10-20(18)21(25)23-19-12-14-24(16-19)15-17-7-3-2-4-8-17;/h2-10,19,22H,11-16H2,1H3,(H,23,25);1H. The van der Waals surface area contributed by atoms with Crippen LogP contribution in [0.25, 0.3) is 0 Å². The average molecular weight is 374 g/mol. The van der Waals surface area contributed by atoms with Gasteiger partial charge in [0.1, 0.15) is 0 Å². The minimum Gasteiger partial charge on any atom is -0.348 e. The molecule has 3 rings (SSSR count). The third-order valence-electron chi connectivity index (χ3n) is 4.76. The number of likely N-dealkylation sites (N-methyl/N-ethyl adjacent to an activating group) is 1. The van der Waals surface area contributed by atoms with E-state index in [1.807, 2.05) is 37.4 Å². The van der Waals surface area contributed by atoms with Crippen LogP contribution in [0.2, 0.25) is 0 Å². The maximum absolute atomic E-state index is 12.7. The maximum atomic E-state index is 12.7. The van der Waals surface area contributed by atoms with Crippen molar-refractivity contribution >= 4 is 18.3 Å². The molecule has 2 aromatic carbocycles. The van der Waals surface area contributed by atoms with Gasteiger partial charge in [-0.05, 0) is 43.6 Å². The largest absolute Gasteiger partial charge is 0.348 e. The van der Waals surface area contributed by atoms with E-state index in [9.17, 15) is 4.79 Å². The molecule has 0 spiro atoms. The Morgan fingerprint density at radius 1 is 1.12 bits per heavy atom. The number of carbonyl (C=O) groups is 1. The molecular formula is C21H28ClN3O. The van der Waals surface area contributed by atoms with Crippen molar-refractivity contribution in [2.45, 2.75) is 25.4 Å². The Bertz CT molecular complexity index is 693. The maximum Gasteiger partial charge on any atom is 0.251 e. The molecule has 1 saturated heterocycles. The SMILES string of the molecule is CNCCc1ccccc1C(=O)NC1CCN(Cc2ccccc2)C1.Cl. The fraction of sp³-hybridized carbons (Fsp3) is 0.381. The van der Waals surface area contributed by atoms with Gasteiger partial charge in [-0.15, -0.1) is 12.4 Å². The lowest BCUT2D eigenvalue weighted by molar-refractivity contribution is 0.0936. The minimum atomic E-state index is 0. The van der Waals surface area contributed by atoms with Crippen LogP contribution >= 0.6 is 12.4 Å². The minimum absolute atomic E-state index is 0. The third-order valence-corrected chi connectivity index (χ3v) is 4.76. The Labute approximate surface area is 162 Å². The molecule has 1 heterocycles. The molecule has 1 unspecified atom stereocenters. The van der Waals surface area contributed by atoms with Gasteiger partial charge in [0, 0.05) is 31.2 Å². The molecule has 26 heavy (non-hydrogen) atoms. The van der Waals surface area contributed by atoms with Crippen LogP contribution in [0.15, 0.2) is 54.6 Å². The Balaban J connectivity index is 0.00000243. The van der Waals surface area contributed by atoms with E-state index in [-0.39, 0.29) is 24.4 Å². The van der Waals surface area contributed by atoms with Crippen molar-refractivity contribution in [3.63, 3.8) is 0 Å². The summed E-state index contributed by atoms with van der Waals surface area (Å²) < 4.78 is 0. The molecule has 1 fully saturated rings. The highest BCUT2D eigenvalue weighted by molar-refractivity contribution is 5.95. The lowest BCUT2D eigenvalue weighted by atomic mass is 10.0. The summed E-state index contributed by atoms with van der Waals surface area (Å²) in [6.07, 6.45) is 1.88. The van der Waals surface area contributed by atoms with Gasteiger partial charge < -0.3 is 10.6 Å². The monoisotopic (exact) mass is 373 g/mol. The van der Waals surface area contributed by atoms with Crippen LogP contribution in [0.5, 0.6) is 0 Å². The van der Waals surface area contributed by atoms with Crippen LogP contribution < -0.4 is 10.6 Å². The first-order chi connectivity index (χ1) is 12.3. The van der Waals surface area contributed by atoms with Crippen LogP contribution in [-0.2, 0) is 13.0 Å². The molecule has 2 aromatic rings. The first-order valence-corrected chi connectivity index (χ1v) is 9.06. The van der Waals surface area contributed by atoms with Gasteiger partial charge >= 0.3 is 0 Å². The summed E-state index contributed by atoms with van der Waals surface area (Å²) in [6, 6.07) is 18.6. The molecule has 0 bridgehead atoms. The van der Waals surface area contributed by atoms with E-state index in [1.54, 1.807) is 0 Å². The zero-order chi connectivity index (χ0) is 17.5. The van der Waals surface area contributed by atoms with Crippen LogP contribution in [0.4, 0.5) is 0 Å². The molecule has 5 heteroatoms. The molecule has 1 atom stereocenters. The second-order valence-electron chi connectivity index (χ2n) is 6.69. The van der Waals surface area contributed by atoms with E-state index in [1.165, 1.54) is 5.56 Å². The number of nitrogens with one attached hydrogen (secondary N) is 2. The number of hydrogen-bond donors (Lipinski definition) is 2. The zero-order valence-corrected chi connectivity index (χ0v) is 16.1. The number of carbonyl (C=O) groups excluding carboxylic acids is 1. The third kappa shape index (κ3) is 5.56. The molecule has 1 aliphatic rings. The van der Waals surface area contributed by atoms with Gasteiger partial charge in [-0.25, -0.2) is 0 Å². The van der Waals surface area contributed by atoms with E-state index < -0.39 is 0 Å². The van der Waals surface area contributed by atoms with Gasteiger partial charge in [-0.3, -0.25) is 9.69 Å². The Kier molecular flexibility index (Phi) is 8.10. The van der Waals surface area contributed by atoms with Crippen molar-refractivity contribution in [1.82, 2.24) is 15.5 Å². The molecule has 0 aromatic heterocycles. The summed E-state index contributed by atoms with van der Waals surface area (Å²) in [7, 11) is 1.93. The Morgan fingerprint density at radius 2 is 1.85 bits per heavy atom. The van der Waals surface area contributed by atoms with Crippen molar-refractivity contribution in [2.75, 3.05) is 26.7 Å². The topological polar surface area (TPSA) is 44.4 Å². The number of hydrogen-bond acceptors (Lipinski definition) is 3. The molecule has 0 aliphatic carbocycles. The number of benzene rings is 2. The number of halogens is 1. The van der Waals surface area contributed by atoms with Crippen molar-refractivity contribution in [3.05, 3.63) is 71.3 Å². The van der Waals surface area contributed by atoms with Gasteiger partial charge in [0.25, 0.3) is 5.91 Å². The molecular weight excluding hydrogens is 346 g/mol. The van der Waals surface area contributed by atoms with Crippen molar-refractivity contribution in [3.8, 4) is 0 Å². The van der Waals surface area contributed by atoms with Crippen LogP contribution in [0.1, 0.15) is 27.9 Å². The molecule has 2 N–H and O–H groups in total. The molecule has 1 aliphatic heterocycles. The number of likely N-dealkylation sites (tertiary alicyclic amines) is 1. The van der Waals surface area contributed by atoms with E-state index in [0.717, 1.165) is 50.1 Å². The fourth-order valence-electron chi connectivity index (χ4n) is 3.42. The van der Waals surface area contributed by atoms with E-state index in [0.29, 0.717) is 0 Å². The van der Waals surface area contributed by atoms with Gasteiger partial charge in [0.05, 0.1) is 0 Å². The summed E-state index contributed by atoms with van der Waals surface area (Å²) >= 11 is 0. The van der Waals surface area contributed by atoms with E-state index >= 15 is 0 Å². The molecule has 0 saturated carbocycles. The molecule has 1 amide bonds. The first kappa shape index (κ1) is 20.4. The second-order valence-corrected chi connectivity index (χ2v) is 6.69. The Hall–Kier alpha value is -1.88. The van der Waals surface area contributed by atoms with Gasteiger partial charge in [0.2, 0.25) is 0 Å². The quantitative estimate of drug-likeness (QED) is 0.784. The second kappa shape index (κ2) is 10.3. The highest BCUT2D eigenvalue weighted by atomic mass is 35.5. The van der Waals surface area contributed by atoms with Gasteiger partial charge in [0.15, 0.2) is 0 Å². The highest BCUT2D eigenvalue weighted by Crippen LogP contribution is 2.15. The van der Waals surface area contributed by atoms with Crippen molar-refractivity contribution < 1.29 is 4.79 Å². The lowest BCUT2D eigenvalue weighted by Gasteiger charge is -2.17. The predicted molar refractivity (Wildman–Crippen MR) is 109 cm³/mol. The molecule has 140 valence electrons. The highest BCUT2D eigenvalue weighted by Gasteiger charge is 2.24. The summed E-state index contributed by atoms with van der Waals surface area (Å²) in [5, 5.41) is 6.37. The summed E-state index contributed by atoms with van der Waals surface area (Å²) in [5.41, 5.74) is 3.24. The van der Waals surface area contributed by atoms with Gasteiger partial charge in [-0.1, -0.05) is 48.5 Å². The average Bonchev–Trinajstić information content (AvgIpc) is 3.07. The summed E-state index contributed by atoms with van der Waals surface area (Å²) in [5.74, 6) is 0.0539.